The van der Waals surface area contributed by atoms with Gasteiger partial charge in [0.15, 0.2) is 9.84 Å². The molecule has 1 amide bonds. The number of carbonyl (C=O) groups is 1. The van der Waals surface area contributed by atoms with E-state index in [9.17, 15) is 13.2 Å². The molecule has 0 unspecified atom stereocenters. The fraction of sp³-hybridized carbons (Fsp3) is 0.917. The number of nitrogens with two attached hydrogens (primary N) is 1. The summed E-state index contributed by atoms with van der Waals surface area (Å²) in [5.74, 6) is -0.533. The maximum absolute atomic E-state index is 12.2. The minimum atomic E-state index is -3.29. The molecular weight excluding hydrogens is 252 g/mol. The van der Waals surface area contributed by atoms with Crippen molar-refractivity contribution in [1.29, 1.82) is 0 Å². The standard InChI is InChI=1S/C12H22N2O3S/c13-10-3-5-11(6-4-10)18(16,17)9-12(15)14-7-1-2-8-14/h10-11H,1-9,13H2. The molecule has 2 fully saturated rings. The molecule has 0 atom stereocenters. The average molecular weight is 274 g/mol. The van der Waals surface area contributed by atoms with E-state index in [2.05, 4.69) is 0 Å². The van der Waals surface area contributed by atoms with E-state index in [4.69, 9.17) is 5.73 Å². The van der Waals surface area contributed by atoms with Crippen molar-refractivity contribution in [1.82, 2.24) is 4.90 Å². The van der Waals surface area contributed by atoms with Crippen LogP contribution in [0.2, 0.25) is 0 Å². The Morgan fingerprint density at radius 2 is 1.67 bits per heavy atom. The van der Waals surface area contributed by atoms with Gasteiger partial charge in [-0.2, -0.15) is 0 Å². The Kier molecular flexibility index (Phi) is 4.27. The van der Waals surface area contributed by atoms with Crippen molar-refractivity contribution in [2.24, 2.45) is 5.73 Å². The highest BCUT2D eigenvalue weighted by Crippen LogP contribution is 2.24. The molecule has 0 aromatic carbocycles. The number of amides is 1. The zero-order chi connectivity index (χ0) is 13.2. The van der Waals surface area contributed by atoms with Gasteiger partial charge in [-0.3, -0.25) is 4.79 Å². The molecule has 1 aliphatic carbocycles. The van der Waals surface area contributed by atoms with Crippen molar-refractivity contribution >= 4 is 15.7 Å². The van der Waals surface area contributed by atoms with E-state index in [0.29, 0.717) is 25.9 Å². The number of hydrogen-bond acceptors (Lipinski definition) is 4. The third-order valence-corrected chi connectivity index (χ3v) is 6.15. The molecule has 1 heterocycles. The number of rotatable bonds is 3. The molecular formula is C12H22N2O3S. The van der Waals surface area contributed by atoms with Gasteiger partial charge in [0.1, 0.15) is 5.75 Å². The lowest BCUT2D eigenvalue weighted by molar-refractivity contribution is -0.127. The molecule has 1 aliphatic heterocycles. The minimum Gasteiger partial charge on any atom is -0.342 e. The molecule has 6 heteroatoms. The van der Waals surface area contributed by atoms with E-state index in [-0.39, 0.29) is 23.0 Å². The fourth-order valence-corrected chi connectivity index (χ4v) is 4.55. The topological polar surface area (TPSA) is 80.5 Å². The summed E-state index contributed by atoms with van der Waals surface area (Å²) < 4.78 is 24.3. The van der Waals surface area contributed by atoms with Crippen molar-refractivity contribution in [2.45, 2.75) is 49.8 Å². The van der Waals surface area contributed by atoms with Gasteiger partial charge in [0.2, 0.25) is 5.91 Å². The largest absolute Gasteiger partial charge is 0.342 e. The first-order valence-electron chi connectivity index (χ1n) is 6.74. The Bertz CT molecular complexity index is 394. The van der Waals surface area contributed by atoms with Gasteiger partial charge in [-0.1, -0.05) is 0 Å². The number of sulfone groups is 1. The number of likely N-dealkylation sites (tertiary alicyclic amines) is 1. The molecule has 104 valence electrons. The van der Waals surface area contributed by atoms with Crippen LogP contribution < -0.4 is 5.73 Å². The summed E-state index contributed by atoms with van der Waals surface area (Å²) in [7, 11) is -3.29. The first-order valence-corrected chi connectivity index (χ1v) is 8.45. The summed E-state index contributed by atoms with van der Waals surface area (Å²) in [5.41, 5.74) is 5.77. The quantitative estimate of drug-likeness (QED) is 0.802. The highest BCUT2D eigenvalue weighted by atomic mass is 32.2. The zero-order valence-corrected chi connectivity index (χ0v) is 11.5. The molecule has 2 aliphatic rings. The van der Waals surface area contributed by atoms with Gasteiger partial charge in [0, 0.05) is 19.1 Å². The van der Waals surface area contributed by atoms with Crippen LogP contribution in [0.4, 0.5) is 0 Å². The van der Waals surface area contributed by atoms with Crippen LogP contribution in [0.25, 0.3) is 0 Å². The van der Waals surface area contributed by atoms with E-state index < -0.39 is 9.84 Å². The number of carbonyl (C=O) groups excluding carboxylic acids is 1. The fourth-order valence-electron chi connectivity index (χ4n) is 2.80. The van der Waals surface area contributed by atoms with Crippen molar-refractivity contribution in [2.75, 3.05) is 18.8 Å². The maximum atomic E-state index is 12.2. The Labute approximate surface area is 109 Å². The van der Waals surface area contributed by atoms with Crippen LogP contribution in [-0.4, -0.2) is 49.4 Å². The molecule has 18 heavy (non-hydrogen) atoms. The Morgan fingerprint density at radius 3 is 2.22 bits per heavy atom. The monoisotopic (exact) mass is 274 g/mol. The van der Waals surface area contributed by atoms with Crippen molar-refractivity contribution in [3.63, 3.8) is 0 Å². The third-order valence-electron chi connectivity index (χ3n) is 4.01. The predicted molar refractivity (Wildman–Crippen MR) is 69.8 cm³/mol. The zero-order valence-electron chi connectivity index (χ0n) is 10.7. The van der Waals surface area contributed by atoms with Gasteiger partial charge < -0.3 is 10.6 Å². The Balaban J connectivity index is 1.92. The van der Waals surface area contributed by atoms with Crippen LogP contribution in [0.3, 0.4) is 0 Å². The van der Waals surface area contributed by atoms with Gasteiger partial charge in [-0.05, 0) is 38.5 Å². The van der Waals surface area contributed by atoms with E-state index in [1.54, 1.807) is 4.90 Å². The lowest BCUT2D eigenvalue weighted by atomic mass is 9.96. The van der Waals surface area contributed by atoms with Gasteiger partial charge >= 0.3 is 0 Å². The van der Waals surface area contributed by atoms with Crippen molar-refractivity contribution in [3.05, 3.63) is 0 Å². The SMILES string of the molecule is NC1CCC(S(=O)(=O)CC(=O)N2CCCC2)CC1. The first kappa shape index (κ1) is 13.8. The molecule has 5 nitrogen and oxygen atoms in total. The summed E-state index contributed by atoms with van der Waals surface area (Å²) in [5, 5.41) is -0.358. The predicted octanol–water partition coefficient (Wildman–Crippen LogP) is 0.293. The molecule has 0 aromatic rings. The molecule has 2 N–H and O–H groups in total. The third kappa shape index (κ3) is 3.23. The second-order valence-electron chi connectivity index (χ2n) is 5.43. The smallest absolute Gasteiger partial charge is 0.237 e. The Hall–Kier alpha value is -0.620. The summed E-state index contributed by atoms with van der Waals surface area (Å²) in [4.78, 5) is 13.6. The second-order valence-corrected chi connectivity index (χ2v) is 7.71. The highest BCUT2D eigenvalue weighted by molar-refractivity contribution is 7.92. The van der Waals surface area contributed by atoms with Gasteiger partial charge in [-0.15, -0.1) is 0 Å². The summed E-state index contributed by atoms with van der Waals surface area (Å²) in [6, 6.07) is 0.130. The minimum absolute atomic E-state index is 0.130. The normalized spacial score (nSPS) is 29.5. The number of nitrogens with zero attached hydrogens (tertiary/aromatic N) is 1. The number of hydrogen-bond donors (Lipinski definition) is 1. The van der Waals surface area contributed by atoms with Crippen LogP contribution >= 0.6 is 0 Å². The molecule has 1 saturated heterocycles. The van der Waals surface area contributed by atoms with E-state index in [1.165, 1.54) is 0 Å². The van der Waals surface area contributed by atoms with Crippen molar-refractivity contribution < 1.29 is 13.2 Å². The molecule has 0 spiro atoms. The molecule has 1 saturated carbocycles. The molecule has 0 aromatic heterocycles. The Morgan fingerprint density at radius 1 is 1.11 bits per heavy atom. The van der Waals surface area contributed by atoms with E-state index >= 15 is 0 Å². The molecule has 0 radical (unpaired) electrons. The highest BCUT2D eigenvalue weighted by Gasteiger charge is 2.33. The van der Waals surface area contributed by atoms with Crippen LogP contribution in [0.5, 0.6) is 0 Å². The van der Waals surface area contributed by atoms with E-state index in [1.807, 2.05) is 0 Å². The van der Waals surface area contributed by atoms with Gasteiger partial charge in [0.25, 0.3) is 0 Å². The second kappa shape index (κ2) is 5.57. The lowest BCUT2D eigenvalue weighted by Gasteiger charge is -2.26. The van der Waals surface area contributed by atoms with Crippen LogP contribution in [0.15, 0.2) is 0 Å². The maximum Gasteiger partial charge on any atom is 0.237 e. The summed E-state index contributed by atoms with van der Waals surface area (Å²) in [6.07, 6.45) is 4.70. The summed E-state index contributed by atoms with van der Waals surface area (Å²) >= 11 is 0. The molecule has 2 rings (SSSR count). The van der Waals surface area contributed by atoms with Crippen LogP contribution in [0, 0.1) is 0 Å². The molecule has 0 bridgehead atoms. The van der Waals surface area contributed by atoms with Crippen LogP contribution in [-0.2, 0) is 14.6 Å². The average Bonchev–Trinajstić information content (AvgIpc) is 2.82. The van der Waals surface area contributed by atoms with E-state index in [0.717, 1.165) is 25.7 Å². The lowest BCUT2D eigenvalue weighted by Crippen LogP contribution is -2.39. The first-order chi connectivity index (χ1) is 8.49. The van der Waals surface area contributed by atoms with Gasteiger partial charge in [0.05, 0.1) is 5.25 Å². The van der Waals surface area contributed by atoms with Gasteiger partial charge in [-0.25, -0.2) is 8.42 Å². The van der Waals surface area contributed by atoms with Crippen LogP contribution in [0.1, 0.15) is 38.5 Å². The van der Waals surface area contributed by atoms with Crippen molar-refractivity contribution in [3.8, 4) is 0 Å². The summed E-state index contributed by atoms with van der Waals surface area (Å²) in [6.45, 7) is 1.42.